The lowest BCUT2D eigenvalue weighted by Crippen LogP contribution is -2.39. The van der Waals surface area contributed by atoms with Crippen molar-refractivity contribution in [2.24, 2.45) is 0 Å². The van der Waals surface area contributed by atoms with Gasteiger partial charge in [0.15, 0.2) is 4.91 Å². The number of hydrogen-bond acceptors (Lipinski definition) is 6. The topological polar surface area (TPSA) is 143 Å². The Morgan fingerprint density at radius 2 is 1.54 bits per heavy atom. The third kappa shape index (κ3) is 2.55. The third-order valence-electron chi connectivity index (χ3n) is 3.51. The third-order valence-corrected chi connectivity index (χ3v) is 5.34. The van der Waals surface area contributed by atoms with Gasteiger partial charge in [-0.1, -0.05) is 12.1 Å². The van der Waals surface area contributed by atoms with Crippen molar-refractivity contribution in [3.05, 3.63) is 40.8 Å². The molecule has 0 unspecified atom stereocenters. The van der Waals surface area contributed by atoms with E-state index in [0.717, 1.165) is 24.3 Å². The van der Waals surface area contributed by atoms with Crippen LogP contribution in [0.25, 0.3) is 21.8 Å². The molecule has 0 radical (unpaired) electrons. The van der Waals surface area contributed by atoms with Gasteiger partial charge in [0.05, 0.1) is 0 Å². The normalized spacial score (nSPS) is 15.3. The fourth-order valence-electron chi connectivity index (χ4n) is 2.55. The number of ketones is 2. The number of carbonyl (C=O) groups excluding carboxylic acids is 2. The van der Waals surface area contributed by atoms with Crippen molar-refractivity contribution in [3.8, 4) is 0 Å². The molecule has 0 heterocycles. The van der Waals surface area contributed by atoms with Crippen LogP contribution >= 0.6 is 0 Å². The number of rotatable bonds is 2. The van der Waals surface area contributed by atoms with Crippen molar-refractivity contribution < 1.29 is 35.5 Å². The van der Waals surface area contributed by atoms with Crippen molar-refractivity contribution in [3.63, 3.8) is 0 Å². The molecule has 0 fully saturated rings. The smallest absolute Gasteiger partial charge is 0.286 e. The highest BCUT2D eigenvalue weighted by molar-refractivity contribution is 7.96. The van der Waals surface area contributed by atoms with Crippen LogP contribution in [0, 0.1) is 0 Å². The molecule has 0 saturated carbocycles. The zero-order chi connectivity index (χ0) is 17.9. The van der Waals surface area contributed by atoms with Crippen LogP contribution in [-0.4, -0.2) is 37.5 Å². The van der Waals surface area contributed by atoms with Gasteiger partial charge in [-0.2, -0.15) is 16.8 Å². The lowest BCUT2D eigenvalue weighted by atomic mass is 10.0. The summed E-state index contributed by atoms with van der Waals surface area (Å²) in [5.41, 5.74) is 0. The maximum absolute atomic E-state index is 11.8. The number of fused-ring (bicyclic) bond motifs is 2. The van der Waals surface area contributed by atoms with Crippen molar-refractivity contribution >= 4 is 53.6 Å². The zero-order valence-electron chi connectivity index (χ0n) is 11.6. The highest BCUT2D eigenvalue weighted by Gasteiger charge is 2.31. The minimum absolute atomic E-state index is 0.0341. The fraction of sp³-hybridized carbons (Fsp3) is 0. The lowest BCUT2D eigenvalue weighted by molar-refractivity contribution is -0.129. The van der Waals surface area contributed by atoms with Crippen LogP contribution < -0.4 is 10.4 Å². The molecule has 0 bridgehead atoms. The van der Waals surface area contributed by atoms with Gasteiger partial charge in [0.2, 0.25) is 11.6 Å². The predicted molar refractivity (Wildman–Crippen MR) is 82.4 cm³/mol. The summed E-state index contributed by atoms with van der Waals surface area (Å²) in [6, 6.07) is 6.18. The first-order valence-electron chi connectivity index (χ1n) is 6.32. The molecule has 24 heavy (non-hydrogen) atoms. The van der Waals surface area contributed by atoms with Crippen LogP contribution in [-0.2, 0) is 29.8 Å². The molecule has 2 N–H and O–H groups in total. The van der Waals surface area contributed by atoms with Crippen LogP contribution in [0.5, 0.6) is 0 Å². The summed E-state index contributed by atoms with van der Waals surface area (Å²) in [6.45, 7) is 0. The summed E-state index contributed by atoms with van der Waals surface area (Å²) in [5, 5.41) is -0.0506. The number of Topliss-reactive ketones (excluding diaryl/α,β-unsaturated/α-hetero) is 2. The lowest BCUT2D eigenvalue weighted by Gasteiger charge is -2.09. The largest absolute Gasteiger partial charge is 0.299 e. The molecule has 10 heteroatoms. The SMILES string of the molecule is O=C1C=c2cc3c(S(=O)(=O)O)cccc3cc2=C(S(=O)(=O)O)C1=O. The van der Waals surface area contributed by atoms with Crippen LogP contribution in [0.15, 0.2) is 35.2 Å². The number of carbonyl (C=O) groups is 2. The summed E-state index contributed by atoms with van der Waals surface area (Å²) in [4.78, 5) is 22.0. The van der Waals surface area contributed by atoms with Crippen LogP contribution in [0.4, 0.5) is 0 Å². The van der Waals surface area contributed by atoms with Crippen molar-refractivity contribution in [1.82, 2.24) is 0 Å². The Morgan fingerprint density at radius 1 is 0.875 bits per heavy atom. The maximum Gasteiger partial charge on any atom is 0.299 e. The van der Waals surface area contributed by atoms with Gasteiger partial charge < -0.3 is 0 Å². The molecule has 124 valence electrons. The quantitative estimate of drug-likeness (QED) is 0.508. The molecule has 3 rings (SSSR count). The molecule has 8 nitrogen and oxygen atoms in total. The van der Waals surface area contributed by atoms with E-state index >= 15 is 0 Å². The number of benzene rings is 2. The van der Waals surface area contributed by atoms with E-state index in [1.807, 2.05) is 0 Å². The van der Waals surface area contributed by atoms with Gasteiger partial charge in [-0.3, -0.25) is 18.7 Å². The summed E-state index contributed by atoms with van der Waals surface area (Å²) in [5.74, 6) is -2.55. The van der Waals surface area contributed by atoms with Crippen LogP contribution in [0.1, 0.15) is 0 Å². The Hall–Kier alpha value is -2.40. The second-order valence-electron chi connectivity index (χ2n) is 5.03. The summed E-state index contributed by atoms with van der Waals surface area (Å²) >= 11 is 0. The van der Waals surface area contributed by atoms with E-state index in [-0.39, 0.29) is 21.2 Å². The summed E-state index contributed by atoms with van der Waals surface area (Å²) in [6.07, 6.45) is 0.840. The molecule has 0 aliphatic heterocycles. The number of hydrogen-bond donors (Lipinski definition) is 2. The molecule has 0 aromatic heterocycles. The Morgan fingerprint density at radius 3 is 2.12 bits per heavy atom. The van der Waals surface area contributed by atoms with E-state index in [1.165, 1.54) is 12.1 Å². The fourth-order valence-corrected chi connectivity index (χ4v) is 4.05. The standard InChI is InChI=1S/C14H8O8S2/c15-11-6-8-5-9-7(2-1-3-12(9)23(17,18)19)4-10(8)14(13(11)16)24(20,21)22/h1-6H,(H,17,18,19)(H,20,21,22). The summed E-state index contributed by atoms with van der Waals surface area (Å²) < 4.78 is 64.3. The Kier molecular flexibility index (Phi) is 3.46. The average molecular weight is 368 g/mol. The first kappa shape index (κ1) is 16.5. The van der Waals surface area contributed by atoms with Crippen molar-refractivity contribution in [1.29, 1.82) is 0 Å². The van der Waals surface area contributed by atoms with E-state index in [0.29, 0.717) is 0 Å². The van der Waals surface area contributed by atoms with Gasteiger partial charge in [0.25, 0.3) is 20.2 Å². The first-order valence-corrected chi connectivity index (χ1v) is 9.20. The zero-order valence-corrected chi connectivity index (χ0v) is 13.3. The van der Waals surface area contributed by atoms with E-state index in [4.69, 9.17) is 0 Å². The van der Waals surface area contributed by atoms with Crippen molar-refractivity contribution in [2.75, 3.05) is 0 Å². The highest BCUT2D eigenvalue weighted by atomic mass is 32.2. The first-order chi connectivity index (χ1) is 11.0. The molecule has 0 spiro atoms. The van der Waals surface area contributed by atoms with E-state index < -0.39 is 41.6 Å². The van der Waals surface area contributed by atoms with E-state index in [1.54, 1.807) is 0 Å². The molecule has 2 aromatic carbocycles. The van der Waals surface area contributed by atoms with Crippen molar-refractivity contribution in [2.45, 2.75) is 4.90 Å². The van der Waals surface area contributed by atoms with Gasteiger partial charge in [-0.05, 0) is 34.9 Å². The predicted octanol–water partition coefficient (Wildman–Crippen LogP) is -0.985. The monoisotopic (exact) mass is 368 g/mol. The van der Waals surface area contributed by atoms with Gasteiger partial charge in [0.1, 0.15) is 4.90 Å². The molecule has 0 saturated heterocycles. The Labute approximate surface area is 135 Å². The van der Waals surface area contributed by atoms with Gasteiger partial charge in [-0.15, -0.1) is 0 Å². The second-order valence-corrected chi connectivity index (χ2v) is 7.78. The Balaban J connectivity index is 2.63. The maximum atomic E-state index is 11.8. The molecule has 0 atom stereocenters. The average Bonchev–Trinajstić information content (AvgIpc) is 2.43. The van der Waals surface area contributed by atoms with E-state index in [2.05, 4.69) is 0 Å². The summed E-state index contributed by atoms with van der Waals surface area (Å²) in [7, 11) is -9.53. The molecule has 0 amide bonds. The Bertz CT molecular complexity index is 1270. The van der Waals surface area contributed by atoms with E-state index in [9.17, 15) is 35.5 Å². The molecule has 1 aliphatic rings. The van der Waals surface area contributed by atoms with Gasteiger partial charge in [0, 0.05) is 10.6 Å². The second kappa shape index (κ2) is 5.05. The molecule has 2 aromatic rings. The molecular formula is C14H8O8S2. The van der Waals surface area contributed by atoms with Crippen LogP contribution in [0.2, 0.25) is 0 Å². The van der Waals surface area contributed by atoms with Gasteiger partial charge >= 0.3 is 0 Å². The molecular weight excluding hydrogens is 360 g/mol. The van der Waals surface area contributed by atoms with Gasteiger partial charge in [-0.25, -0.2) is 0 Å². The molecule has 1 aliphatic carbocycles. The highest BCUT2D eigenvalue weighted by Crippen LogP contribution is 2.21. The van der Waals surface area contributed by atoms with Crippen LogP contribution in [0.3, 0.4) is 0 Å². The minimum atomic E-state index is -4.97. The minimum Gasteiger partial charge on any atom is -0.286 e.